The molecule has 3 aromatic rings. The van der Waals surface area contributed by atoms with Crippen LogP contribution in [0.1, 0.15) is 101 Å². The van der Waals surface area contributed by atoms with E-state index in [1.165, 1.54) is 11.0 Å². The Balaban J connectivity index is 0.819. The zero-order valence-corrected chi connectivity index (χ0v) is 33.7. The summed E-state index contributed by atoms with van der Waals surface area (Å²) in [5.74, 6) is -1.76. The second-order valence-electron chi connectivity index (χ2n) is 16.8. The molecule has 6 aliphatic rings. The van der Waals surface area contributed by atoms with Crippen molar-refractivity contribution in [3.63, 3.8) is 0 Å². The summed E-state index contributed by atoms with van der Waals surface area (Å²) in [6.07, 6.45) is 5.83. The number of fused-ring (bicyclic) bond motifs is 3. The number of anilines is 2. The van der Waals surface area contributed by atoms with Crippen molar-refractivity contribution in [3.8, 4) is 11.8 Å². The highest BCUT2D eigenvalue weighted by atomic mass is 35.5. The van der Waals surface area contributed by atoms with Crippen molar-refractivity contribution in [2.75, 3.05) is 42.5 Å². The van der Waals surface area contributed by atoms with Gasteiger partial charge < -0.3 is 20.3 Å². The Morgan fingerprint density at radius 3 is 2.15 bits per heavy atom. The monoisotopic (exact) mass is 837 g/mol. The molecule has 4 saturated heterocycles. The molecule has 5 aliphatic heterocycles. The molecule has 0 unspecified atom stereocenters. The second-order valence-corrected chi connectivity index (χ2v) is 17.3. The van der Waals surface area contributed by atoms with Crippen LogP contribution in [0.15, 0.2) is 42.5 Å². The average molecular weight is 838 g/mol. The molecule has 5 amide bonds. The normalized spacial score (nSPS) is 26.1. The van der Waals surface area contributed by atoms with E-state index in [1.807, 2.05) is 11.0 Å². The lowest BCUT2D eigenvalue weighted by Crippen LogP contribution is -2.59. The maximum atomic E-state index is 16.0. The van der Waals surface area contributed by atoms with Crippen LogP contribution < -0.4 is 20.3 Å². The summed E-state index contributed by atoms with van der Waals surface area (Å²) in [6, 6.07) is 11.7. The summed E-state index contributed by atoms with van der Waals surface area (Å²) in [6.45, 7) is 3.77. The van der Waals surface area contributed by atoms with Gasteiger partial charge in [-0.05, 0) is 100 Å². The molecule has 17 heteroatoms. The van der Waals surface area contributed by atoms with Gasteiger partial charge in [0.1, 0.15) is 23.7 Å². The largest absolute Gasteiger partial charge is 0.490 e. The number of rotatable bonds is 9. The Morgan fingerprint density at radius 2 is 1.52 bits per heavy atom. The first-order valence-electron chi connectivity index (χ1n) is 20.8. The third kappa shape index (κ3) is 7.31. The molecule has 60 heavy (non-hydrogen) atoms. The molecule has 312 valence electrons. The SMILES string of the molecule is N#Cc1ccc(OC2CCC(N3C(=O)CC[C@@H](N4C(=O)c5cc(F)c(N6C[C@H]7CC[C@H](C6)N7CC6CCN(c7ccc(C(N)=O)nn7)CC6)cc5C4=O)C3=O)CC2)cc1Cl. The molecule has 0 spiro atoms. The van der Waals surface area contributed by atoms with Crippen molar-refractivity contribution in [2.24, 2.45) is 11.7 Å². The van der Waals surface area contributed by atoms with Crippen molar-refractivity contribution in [3.05, 3.63) is 75.7 Å². The summed E-state index contributed by atoms with van der Waals surface area (Å²) in [5, 5.41) is 17.6. The van der Waals surface area contributed by atoms with Crippen LogP contribution in [0.4, 0.5) is 15.9 Å². The van der Waals surface area contributed by atoms with Crippen LogP contribution in [0.5, 0.6) is 5.75 Å². The van der Waals surface area contributed by atoms with Crippen molar-refractivity contribution in [1.29, 1.82) is 5.26 Å². The lowest BCUT2D eigenvalue weighted by atomic mass is 9.89. The third-order valence-electron chi connectivity index (χ3n) is 13.4. The number of primary amides is 1. The minimum Gasteiger partial charge on any atom is -0.490 e. The number of carbonyl (C=O) groups excluding carboxylic acids is 5. The highest BCUT2D eigenvalue weighted by molar-refractivity contribution is 6.31. The van der Waals surface area contributed by atoms with Crippen LogP contribution in [0.3, 0.4) is 0 Å². The number of amides is 5. The van der Waals surface area contributed by atoms with Crippen LogP contribution in [0.25, 0.3) is 0 Å². The number of nitriles is 1. The average Bonchev–Trinajstić information content (AvgIpc) is 3.61. The minimum atomic E-state index is -1.17. The van der Waals surface area contributed by atoms with Gasteiger partial charge in [-0.2, -0.15) is 5.26 Å². The first kappa shape index (κ1) is 39.8. The van der Waals surface area contributed by atoms with E-state index in [0.29, 0.717) is 61.0 Å². The number of aromatic nitrogens is 2. The van der Waals surface area contributed by atoms with E-state index in [-0.39, 0.29) is 59.4 Å². The number of piperazine rings is 1. The van der Waals surface area contributed by atoms with Crippen LogP contribution in [-0.4, -0.2) is 117 Å². The van der Waals surface area contributed by atoms with Gasteiger partial charge in [-0.3, -0.25) is 38.7 Å². The van der Waals surface area contributed by atoms with E-state index in [1.54, 1.807) is 30.3 Å². The third-order valence-corrected chi connectivity index (χ3v) is 13.7. The molecule has 1 aromatic heterocycles. The molecule has 1 saturated carbocycles. The topological polar surface area (TPSA) is 186 Å². The number of ether oxygens (including phenoxy) is 1. The Kier molecular flexibility index (Phi) is 10.7. The number of carbonyl (C=O) groups is 5. The van der Waals surface area contributed by atoms with E-state index in [9.17, 15) is 24.0 Å². The van der Waals surface area contributed by atoms with Crippen LogP contribution in [0, 0.1) is 23.1 Å². The lowest BCUT2D eigenvalue weighted by Gasteiger charge is -2.44. The van der Waals surface area contributed by atoms with E-state index < -0.39 is 41.5 Å². The van der Waals surface area contributed by atoms with Gasteiger partial charge in [0.15, 0.2) is 11.5 Å². The number of hydrogen-bond donors (Lipinski definition) is 1. The predicted octanol–water partition coefficient (Wildman–Crippen LogP) is 4.31. The number of nitrogens with two attached hydrogens (primary N) is 1. The summed E-state index contributed by atoms with van der Waals surface area (Å²) >= 11 is 6.17. The number of hydrogen-bond acceptors (Lipinski definition) is 12. The summed E-state index contributed by atoms with van der Waals surface area (Å²) in [4.78, 5) is 75.4. The van der Waals surface area contributed by atoms with Crippen LogP contribution >= 0.6 is 11.6 Å². The fourth-order valence-corrected chi connectivity index (χ4v) is 10.4. The van der Waals surface area contributed by atoms with Gasteiger partial charge >= 0.3 is 0 Å². The first-order valence-corrected chi connectivity index (χ1v) is 21.2. The van der Waals surface area contributed by atoms with E-state index in [4.69, 9.17) is 27.3 Å². The molecule has 6 heterocycles. The maximum Gasteiger partial charge on any atom is 0.269 e. The Hall–Kier alpha value is -5.66. The van der Waals surface area contributed by atoms with Crippen LogP contribution in [-0.2, 0) is 9.59 Å². The highest BCUT2D eigenvalue weighted by Crippen LogP contribution is 2.39. The van der Waals surface area contributed by atoms with Gasteiger partial charge in [-0.1, -0.05) is 11.6 Å². The summed E-state index contributed by atoms with van der Waals surface area (Å²) < 4.78 is 22.1. The number of nitrogens with zero attached hydrogens (tertiary/aromatic N) is 8. The van der Waals surface area contributed by atoms with Crippen molar-refractivity contribution in [1.82, 2.24) is 24.9 Å². The van der Waals surface area contributed by atoms with Gasteiger partial charge in [0.2, 0.25) is 5.91 Å². The zero-order valence-electron chi connectivity index (χ0n) is 33.0. The summed E-state index contributed by atoms with van der Waals surface area (Å²) in [7, 11) is 0. The van der Waals surface area contributed by atoms with Gasteiger partial charge in [0, 0.05) is 63.3 Å². The Bertz CT molecular complexity index is 2280. The van der Waals surface area contributed by atoms with Gasteiger partial charge in [0.25, 0.3) is 23.6 Å². The van der Waals surface area contributed by atoms with Crippen molar-refractivity contribution in [2.45, 2.75) is 94.5 Å². The number of imide groups is 2. The first-order chi connectivity index (χ1) is 29.0. The minimum absolute atomic E-state index is 0.00333. The van der Waals surface area contributed by atoms with Gasteiger partial charge in [-0.25, -0.2) is 4.39 Å². The maximum absolute atomic E-state index is 16.0. The smallest absolute Gasteiger partial charge is 0.269 e. The Labute approximate surface area is 351 Å². The molecule has 15 nitrogen and oxygen atoms in total. The van der Waals surface area contributed by atoms with Gasteiger partial charge in [0.05, 0.1) is 33.5 Å². The molecule has 2 N–H and O–H groups in total. The number of halogens is 2. The van der Waals surface area contributed by atoms with Crippen LogP contribution in [0.2, 0.25) is 5.02 Å². The molecule has 9 rings (SSSR count). The van der Waals surface area contributed by atoms with E-state index in [2.05, 4.69) is 20.0 Å². The fourth-order valence-electron chi connectivity index (χ4n) is 10.2. The van der Waals surface area contributed by atoms with E-state index >= 15 is 4.39 Å². The molecule has 2 aromatic carbocycles. The molecule has 3 atom stereocenters. The number of likely N-dealkylation sites (tertiary alicyclic amines) is 1. The molecular weight excluding hydrogens is 793 g/mol. The second kappa shape index (κ2) is 16.1. The van der Waals surface area contributed by atoms with Crippen molar-refractivity contribution < 1.29 is 33.1 Å². The van der Waals surface area contributed by atoms with E-state index in [0.717, 1.165) is 62.1 Å². The predicted molar refractivity (Wildman–Crippen MR) is 216 cm³/mol. The van der Waals surface area contributed by atoms with Crippen molar-refractivity contribution >= 4 is 52.6 Å². The standard InChI is InChI=1S/C43H45ClFN9O6/c44-33-17-30(6-1-25(33)20-46)60-29-7-4-26(5-8-29)53-39(55)12-10-36(43(53)59)54-41(57)31-18-34(45)37(19-32(31)42(54)58)51-22-27-2-3-28(23-51)52(27)21-24-13-15-50(16-14-24)38-11-9-35(40(47)56)48-49-38/h1,6,9,11,17-19,24,26-29,36H,2-5,7-8,10,12-16,21-23H2,(H2,47,56)/t26?,27-,28-,29?,36-/m1/s1. The lowest BCUT2D eigenvalue weighted by molar-refractivity contribution is -0.155. The molecule has 0 radical (unpaired) electrons. The quantitative estimate of drug-likeness (QED) is 0.302. The Morgan fingerprint density at radius 1 is 0.833 bits per heavy atom. The highest BCUT2D eigenvalue weighted by Gasteiger charge is 2.50. The number of piperidine rings is 2. The zero-order chi connectivity index (χ0) is 41.8. The molecule has 1 aliphatic carbocycles. The fraction of sp³-hybridized carbons (Fsp3) is 0.488. The number of benzene rings is 2. The summed E-state index contributed by atoms with van der Waals surface area (Å²) in [5.41, 5.74) is 6.07. The molecule has 5 fully saturated rings. The molecule has 2 bridgehead atoms. The van der Waals surface area contributed by atoms with Gasteiger partial charge in [-0.15, -0.1) is 10.2 Å². The molecular formula is C43H45ClFN9O6.